The van der Waals surface area contributed by atoms with Gasteiger partial charge in [-0.2, -0.15) is 0 Å². The summed E-state index contributed by atoms with van der Waals surface area (Å²) in [5.74, 6) is -0.956. The molecule has 0 aliphatic heterocycles. The summed E-state index contributed by atoms with van der Waals surface area (Å²) < 4.78 is 13.1. The van der Waals surface area contributed by atoms with Crippen molar-refractivity contribution >= 4 is 17.5 Å². The van der Waals surface area contributed by atoms with Gasteiger partial charge in [-0.1, -0.05) is 17.7 Å². The first-order valence-electron chi connectivity index (χ1n) is 4.95. The van der Waals surface area contributed by atoms with Gasteiger partial charge in [0.1, 0.15) is 5.82 Å². The van der Waals surface area contributed by atoms with Crippen molar-refractivity contribution in [2.45, 2.75) is 13.0 Å². The lowest BCUT2D eigenvalue weighted by Gasteiger charge is -2.12. The van der Waals surface area contributed by atoms with E-state index in [0.29, 0.717) is 6.54 Å². The Kier molecular flexibility index (Phi) is 4.71. The molecule has 1 unspecified atom stereocenters. The third-order valence-electron chi connectivity index (χ3n) is 2.26. The molecule has 0 saturated heterocycles. The van der Waals surface area contributed by atoms with Gasteiger partial charge < -0.3 is 10.6 Å². The average molecular weight is 245 g/mol. The lowest BCUT2D eigenvalue weighted by atomic mass is 10.2. The third kappa shape index (κ3) is 3.18. The van der Waals surface area contributed by atoms with Crippen molar-refractivity contribution in [3.05, 3.63) is 34.6 Å². The highest BCUT2D eigenvalue weighted by Gasteiger charge is 2.13. The topological polar surface area (TPSA) is 41.1 Å². The number of carbonyl (C=O) groups excluding carboxylic acids is 1. The van der Waals surface area contributed by atoms with E-state index >= 15 is 0 Å². The van der Waals surface area contributed by atoms with Crippen molar-refractivity contribution in [1.82, 2.24) is 10.6 Å². The Bertz CT molecular complexity index is 384. The summed E-state index contributed by atoms with van der Waals surface area (Å²) >= 11 is 5.69. The molecule has 1 aromatic carbocycles. The molecule has 16 heavy (non-hydrogen) atoms. The van der Waals surface area contributed by atoms with Gasteiger partial charge in [0, 0.05) is 12.6 Å². The predicted octanol–water partition coefficient (Wildman–Crippen LogP) is 1.82. The van der Waals surface area contributed by atoms with E-state index in [1.165, 1.54) is 18.2 Å². The second-order valence-electron chi connectivity index (χ2n) is 3.50. The Morgan fingerprint density at radius 1 is 1.56 bits per heavy atom. The summed E-state index contributed by atoms with van der Waals surface area (Å²) in [5, 5.41) is 5.50. The molecular weight excluding hydrogens is 231 g/mol. The number of amides is 1. The molecule has 0 spiro atoms. The van der Waals surface area contributed by atoms with Gasteiger partial charge in [0.25, 0.3) is 5.91 Å². The van der Waals surface area contributed by atoms with E-state index in [0.717, 1.165) is 0 Å². The highest BCUT2D eigenvalue weighted by molar-refractivity contribution is 6.34. The maximum atomic E-state index is 13.1. The zero-order valence-corrected chi connectivity index (χ0v) is 9.94. The standard InChI is InChI=1S/C11H14ClFN2O/c1-7(14-2)6-15-11(16)8-4-3-5-9(13)10(8)12/h3-5,7,14H,6H2,1-2H3,(H,15,16). The normalized spacial score (nSPS) is 12.2. The maximum absolute atomic E-state index is 13.1. The lowest BCUT2D eigenvalue weighted by molar-refractivity contribution is 0.0950. The highest BCUT2D eigenvalue weighted by Crippen LogP contribution is 2.19. The number of halogens is 2. The van der Waals surface area contributed by atoms with Gasteiger partial charge in [-0.3, -0.25) is 4.79 Å². The molecule has 0 radical (unpaired) electrons. The summed E-state index contributed by atoms with van der Waals surface area (Å²) in [4.78, 5) is 11.6. The fourth-order valence-corrected chi connectivity index (χ4v) is 1.33. The summed E-state index contributed by atoms with van der Waals surface area (Å²) in [6, 6.07) is 4.31. The SMILES string of the molecule is CNC(C)CNC(=O)c1cccc(F)c1Cl. The van der Waals surface area contributed by atoms with E-state index < -0.39 is 5.82 Å². The van der Waals surface area contributed by atoms with Crippen LogP contribution in [0.15, 0.2) is 18.2 Å². The molecule has 1 amide bonds. The van der Waals surface area contributed by atoms with E-state index in [1.54, 1.807) is 7.05 Å². The Morgan fingerprint density at radius 3 is 2.88 bits per heavy atom. The van der Waals surface area contributed by atoms with Crippen LogP contribution in [-0.4, -0.2) is 25.5 Å². The molecule has 5 heteroatoms. The first-order valence-corrected chi connectivity index (χ1v) is 5.33. The molecule has 1 aromatic rings. The fraction of sp³-hybridized carbons (Fsp3) is 0.364. The van der Waals surface area contributed by atoms with Gasteiger partial charge in [0.05, 0.1) is 10.6 Å². The van der Waals surface area contributed by atoms with Crippen LogP contribution in [0.2, 0.25) is 5.02 Å². The number of hydrogen-bond acceptors (Lipinski definition) is 2. The van der Waals surface area contributed by atoms with Crippen molar-refractivity contribution < 1.29 is 9.18 Å². The van der Waals surface area contributed by atoms with Crippen LogP contribution in [0.3, 0.4) is 0 Å². The number of benzene rings is 1. The number of hydrogen-bond donors (Lipinski definition) is 2. The smallest absolute Gasteiger partial charge is 0.252 e. The summed E-state index contributed by atoms with van der Waals surface area (Å²) in [6.45, 7) is 2.38. The largest absolute Gasteiger partial charge is 0.350 e. The van der Waals surface area contributed by atoms with Crippen LogP contribution in [-0.2, 0) is 0 Å². The van der Waals surface area contributed by atoms with Gasteiger partial charge in [-0.15, -0.1) is 0 Å². The molecule has 0 bridgehead atoms. The number of likely N-dealkylation sites (N-methyl/N-ethyl adjacent to an activating group) is 1. The molecule has 2 N–H and O–H groups in total. The van der Waals surface area contributed by atoms with Gasteiger partial charge >= 0.3 is 0 Å². The fourth-order valence-electron chi connectivity index (χ4n) is 1.12. The second-order valence-corrected chi connectivity index (χ2v) is 3.88. The molecule has 3 nitrogen and oxygen atoms in total. The van der Waals surface area contributed by atoms with Crippen LogP contribution in [0.25, 0.3) is 0 Å². The zero-order valence-electron chi connectivity index (χ0n) is 9.18. The Balaban J connectivity index is 2.70. The Morgan fingerprint density at radius 2 is 2.25 bits per heavy atom. The summed E-state index contributed by atoms with van der Waals surface area (Å²) in [6.07, 6.45) is 0. The lowest BCUT2D eigenvalue weighted by Crippen LogP contribution is -2.37. The van der Waals surface area contributed by atoms with E-state index in [4.69, 9.17) is 11.6 Å². The van der Waals surface area contributed by atoms with E-state index in [1.807, 2.05) is 6.92 Å². The van der Waals surface area contributed by atoms with Crippen molar-refractivity contribution in [3.63, 3.8) is 0 Å². The quantitative estimate of drug-likeness (QED) is 0.848. The van der Waals surface area contributed by atoms with Crippen molar-refractivity contribution in [3.8, 4) is 0 Å². The molecule has 0 saturated carbocycles. The van der Waals surface area contributed by atoms with E-state index in [-0.39, 0.29) is 22.5 Å². The summed E-state index contributed by atoms with van der Waals surface area (Å²) in [5.41, 5.74) is 0.157. The van der Waals surface area contributed by atoms with Crippen LogP contribution in [0.5, 0.6) is 0 Å². The van der Waals surface area contributed by atoms with Gasteiger partial charge in [0.2, 0.25) is 0 Å². The number of rotatable bonds is 4. The van der Waals surface area contributed by atoms with Gasteiger partial charge in [-0.05, 0) is 26.1 Å². The van der Waals surface area contributed by atoms with Crippen molar-refractivity contribution in [1.29, 1.82) is 0 Å². The van der Waals surface area contributed by atoms with Gasteiger partial charge in [0.15, 0.2) is 0 Å². The molecule has 1 rings (SSSR count). The van der Waals surface area contributed by atoms with E-state index in [2.05, 4.69) is 10.6 Å². The molecule has 0 aliphatic rings. The van der Waals surface area contributed by atoms with Crippen LogP contribution in [0.4, 0.5) is 4.39 Å². The van der Waals surface area contributed by atoms with E-state index in [9.17, 15) is 9.18 Å². The molecule has 1 atom stereocenters. The summed E-state index contributed by atoms with van der Waals surface area (Å²) in [7, 11) is 1.80. The Hall–Kier alpha value is -1.13. The Labute approximate surface area is 99.0 Å². The first kappa shape index (κ1) is 12.9. The van der Waals surface area contributed by atoms with Crippen molar-refractivity contribution in [2.24, 2.45) is 0 Å². The van der Waals surface area contributed by atoms with Crippen LogP contribution < -0.4 is 10.6 Å². The number of carbonyl (C=O) groups is 1. The first-order chi connectivity index (χ1) is 7.56. The van der Waals surface area contributed by atoms with Crippen LogP contribution >= 0.6 is 11.6 Å². The third-order valence-corrected chi connectivity index (χ3v) is 2.64. The van der Waals surface area contributed by atoms with Gasteiger partial charge in [-0.25, -0.2) is 4.39 Å². The maximum Gasteiger partial charge on any atom is 0.252 e. The molecule has 0 heterocycles. The van der Waals surface area contributed by atoms with Crippen LogP contribution in [0.1, 0.15) is 17.3 Å². The zero-order chi connectivity index (χ0) is 12.1. The minimum Gasteiger partial charge on any atom is -0.350 e. The average Bonchev–Trinajstić information content (AvgIpc) is 2.29. The molecule has 0 aromatic heterocycles. The van der Waals surface area contributed by atoms with Crippen LogP contribution in [0, 0.1) is 5.82 Å². The molecule has 0 aliphatic carbocycles. The molecular formula is C11H14ClFN2O. The monoisotopic (exact) mass is 244 g/mol. The predicted molar refractivity (Wildman–Crippen MR) is 62.3 cm³/mol. The number of nitrogens with one attached hydrogen (secondary N) is 2. The second kappa shape index (κ2) is 5.82. The minimum absolute atomic E-state index is 0.142. The highest BCUT2D eigenvalue weighted by atomic mass is 35.5. The molecule has 88 valence electrons. The van der Waals surface area contributed by atoms with Crippen molar-refractivity contribution in [2.75, 3.05) is 13.6 Å². The molecule has 0 fully saturated rings. The minimum atomic E-state index is -0.587.